The zero-order valence-electron chi connectivity index (χ0n) is 12.7. The molecule has 2 N–H and O–H groups in total. The zero-order valence-corrected chi connectivity index (χ0v) is 13.5. The molecule has 0 aliphatic rings. The van der Waals surface area contributed by atoms with Gasteiger partial charge in [0.15, 0.2) is 0 Å². The molecular weight excluding hydrogens is 317 g/mol. The van der Waals surface area contributed by atoms with Crippen LogP contribution in [0, 0.1) is 12.7 Å². The molecule has 3 rings (SSSR count). The molecule has 1 amide bonds. The minimum absolute atomic E-state index is 0.0504. The summed E-state index contributed by atoms with van der Waals surface area (Å²) in [4.78, 5) is 13.7. The van der Waals surface area contributed by atoms with Crippen LogP contribution in [0.5, 0.6) is 0 Å². The van der Waals surface area contributed by atoms with Crippen molar-refractivity contribution in [2.75, 3.05) is 6.54 Å². The van der Waals surface area contributed by atoms with Gasteiger partial charge in [0.1, 0.15) is 10.6 Å². The number of benzene rings is 1. The van der Waals surface area contributed by atoms with E-state index in [0.29, 0.717) is 4.88 Å². The van der Waals surface area contributed by atoms with Gasteiger partial charge < -0.3 is 10.4 Å². The number of halogens is 1. The first-order valence-electron chi connectivity index (χ1n) is 7.11. The van der Waals surface area contributed by atoms with Gasteiger partial charge in [-0.1, -0.05) is 18.2 Å². The number of aromatic nitrogens is 2. The number of aryl methyl sites for hydroxylation is 2. The van der Waals surface area contributed by atoms with E-state index in [1.165, 1.54) is 23.5 Å². The summed E-state index contributed by atoms with van der Waals surface area (Å²) in [7, 11) is 1.83. The normalized spacial score (nSPS) is 12.5. The lowest BCUT2D eigenvalue weighted by molar-refractivity contribution is 0.0918. The number of carbonyl (C=O) groups excluding carboxylic acids is 1. The molecule has 5 nitrogen and oxygen atoms in total. The van der Waals surface area contributed by atoms with Gasteiger partial charge in [0.25, 0.3) is 5.91 Å². The van der Waals surface area contributed by atoms with Gasteiger partial charge in [-0.25, -0.2) is 4.39 Å². The molecular formula is C16H16FN3O2S. The minimum Gasteiger partial charge on any atom is -0.386 e. The van der Waals surface area contributed by atoms with Crippen molar-refractivity contribution in [3.8, 4) is 0 Å². The fraction of sp³-hybridized carbons (Fsp3) is 0.250. The maximum absolute atomic E-state index is 13.6. The van der Waals surface area contributed by atoms with Crippen LogP contribution in [-0.2, 0) is 7.05 Å². The molecule has 3 aromatic rings. The minimum atomic E-state index is -1.09. The van der Waals surface area contributed by atoms with E-state index < -0.39 is 11.9 Å². The van der Waals surface area contributed by atoms with Crippen molar-refractivity contribution in [3.63, 3.8) is 0 Å². The largest absolute Gasteiger partial charge is 0.386 e. The van der Waals surface area contributed by atoms with E-state index in [0.717, 1.165) is 15.9 Å². The highest BCUT2D eigenvalue weighted by molar-refractivity contribution is 7.20. The number of aliphatic hydroxyl groups excluding tert-OH is 1. The Morgan fingerprint density at radius 3 is 2.91 bits per heavy atom. The van der Waals surface area contributed by atoms with Gasteiger partial charge in [-0.3, -0.25) is 9.48 Å². The standard InChI is InChI=1S/C16H16FN3O2S/c1-9-11-7-14(23-16(11)20(2)19-9)15(22)18-8-13(21)10-5-3-4-6-12(10)17/h3-7,13,21H,8H2,1-2H3,(H,18,22). The zero-order chi connectivity index (χ0) is 16.6. The van der Waals surface area contributed by atoms with E-state index in [9.17, 15) is 14.3 Å². The predicted octanol–water partition coefficient (Wildman–Crippen LogP) is 2.55. The predicted molar refractivity (Wildman–Crippen MR) is 87.0 cm³/mol. The van der Waals surface area contributed by atoms with Crippen LogP contribution < -0.4 is 5.32 Å². The lowest BCUT2D eigenvalue weighted by atomic mass is 10.1. The molecule has 7 heteroatoms. The summed E-state index contributed by atoms with van der Waals surface area (Å²) in [6.07, 6.45) is -1.09. The Balaban J connectivity index is 1.71. The topological polar surface area (TPSA) is 67.2 Å². The van der Waals surface area contributed by atoms with E-state index in [2.05, 4.69) is 10.4 Å². The van der Waals surface area contributed by atoms with Gasteiger partial charge in [0, 0.05) is 24.5 Å². The molecule has 2 aromatic heterocycles. The van der Waals surface area contributed by atoms with Crippen molar-refractivity contribution >= 4 is 27.5 Å². The van der Waals surface area contributed by atoms with Crippen LogP contribution in [0.15, 0.2) is 30.3 Å². The summed E-state index contributed by atoms with van der Waals surface area (Å²) in [6, 6.07) is 7.76. The molecule has 0 aliphatic carbocycles. The lowest BCUT2D eigenvalue weighted by Crippen LogP contribution is -2.28. The summed E-state index contributed by atoms with van der Waals surface area (Å²) < 4.78 is 15.3. The third-order valence-corrected chi connectivity index (χ3v) is 4.84. The molecule has 2 heterocycles. The fourth-order valence-corrected chi connectivity index (χ4v) is 3.49. The molecule has 0 spiro atoms. The second-order valence-corrected chi connectivity index (χ2v) is 6.32. The number of carbonyl (C=O) groups is 1. The van der Waals surface area contributed by atoms with E-state index in [4.69, 9.17) is 0 Å². The van der Waals surface area contributed by atoms with Crippen molar-refractivity contribution in [2.24, 2.45) is 7.05 Å². The number of thiophene rings is 1. The molecule has 0 aliphatic heterocycles. The Bertz CT molecular complexity index is 837. The smallest absolute Gasteiger partial charge is 0.261 e. The summed E-state index contributed by atoms with van der Waals surface area (Å²) >= 11 is 1.34. The van der Waals surface area contributed by atoms with Crippen molar-refractivity contribution in [3.05, 3.63) is 52.3 Å². The molecule has 0 radical (unpaired) electrons. The first-order chi connectivity index (χ1) is 11.0. The van der Waals surface area contributed by atoms with Crippen LogP contribution in [0.25, 0.3) is 10.2 Å². The SMILES string of the molecule is Cc1nn(C)c2sc(C(=O)NCC(O)c3ccccc3F)cc12. The van der Waals surface area contributed by atoms with Crippen LogP contribution >= 0.6 is 11.3 Å². The average Bonchev–Trinajstić information content (AvgIpc) is 3.07. The quantitative estimate of drug-likeness (QED) is 0.771. The van der Waals surface area contributed by atoms with E-state index >= 15 is 0 Å². The average molecular weight is 333 g/mol. The first-order valence-corrected chi connectivity index (χ1v) is 7.93. The van der Waals surface area contributed by atoms with Crippen LogP contribution in [0.1, 0.15) is 27.0 Å². The highest BCUT2D eigenvalue weighted by atomic mass is 32.1. The summed E-state index contributed by atoms with van der Waals surface area (Å²) in [6.45, 7) is 1.84. The van der Waals surface area contributed by atoms with Gasteiger partial charge in [0.2, 0.25) is 0 Å². The van der Waals surface area contributed by atoms with E-state index in [1.54, 1.807) is 22.9 Å². The highest BCUT2D eigenvalue weighted by Crippen LogP contribution is 2.27. The molecule has 1 unspecified atom stereocenters. The van der Waals surface area contributed by atoms with Gasteiger partial charge in [-0.2, -0.15) is 5.10 Å². The molecule has 0 bridgehead atoms. The van der Waals surface area contributed by atoms with E-state index in [-0.39, 0.29) is 18.0 Å². The number of fused-ring (bicyclic) bond motifs is 1. The molecule has 1 aromatic carbocycles. The highest BCUT2D eigenvalue weighted by Gasteiger charge is 2.17. The third kappa shape index (κ3) is 2.97. The Labute approximate surface area is 136 Å². The molecule has 0 saturated heterocycles. The number of hydrogen-bond donors (Lipinski definition) is 2. The Hall–Kier alpha value is -2.25. The van der Waals surface area contributed by atoms with E-state index in [1.807, 2.05) is 14.0 Å². The van der Waals surface area contributed by atoms with Gasteiger partial charge in [-0.05, 0) is 19.1 Å². The van der Waals surface area contributed by atoms with Gasteiger partial charge in [-0.15, -0.1) is 11.3 Å². The summed E-state index contributed by atoms with van der Waals surface area (Å²) in [5.41, 5.74) is 1.04. The maximum atomic E-state index is 13.6. The molecule has 23 heavy (non-hydrogen) atoms. The van der Waals surface area contributed by atoms with Crippen molar-refractivity contribution in [1.82, 2.24) is 15.1 Å². The number of aliphatic hydroxyl groups is 1. The van der Waals surface area contributed by atoms with Crippen LogP contribution in [0.4, 0.5) is 4.39 Å². The van der Waals surface area contributed by atoms with Crippen LogP contribution in [-0.4, -0.2) is 27.3 Å². The van der Waals surface area contributed by atoms with Crippen molar-refractivity contribution < 1.29 is 14.3 Å². The van der Waals surface area contributed by atoms with Crippen LogP contribution in [0.3, 0.4) is 0 Å². The van der Waals surface area contributed by atoms with Gasteiger partial charge in [0.05, 0.1) is 16.7 Å². The molecule has 120 valence electrons. The molecule has 1 atom stereocenters. The van der Waals surface area contributed by atoms with Crippen LogP contribution in [0.2, 0.25) is 0 Å². The summed E-state index contributed by atoms with van der Waals surface area (Å²) in [5, 5.41) is 17.9. The number of nitrogens with zero attached hydrogens (tertiary/aromatic N) is 2. The molecule has 0 saturated carbocycles. The Kier molecular flexibility index (Phi) is 4.14. The fourth-order valence-electron chi connectivity index (χ4n) is 2.45. The molecule has 0 fully saturated rings. The Morgan fingerprint density at radius 1 is 1.48 bits per heavy atom. The maximum Gasteiger partial charge on any atom is 0.261 e. The van der Waals surface area contributed by atoms with Gasteiger partial charge >= 0.3 is 0 Å². The second-order valence-electron chi connectivity index (χ2n) is 5.29. The number of amides is 1. The van der Waals surface area contributed by atoms with Crippen molar-refractivity contribution in [1.29, 1.82) is 0 Å². The first kappa shape index (κ1) is 15.6. The monoisotopic (exact) mass is 333 g/mol. The number of nitrogens with one attached hydrogen (secondary N) is 1. The summed E-state index contributed by atoms with van der Waals surface area (Å²) in [5.74, 6) is -0.779. The number of rotatable bonds is 4. The Morgan fingerprint density at radius 2 is 2.22 bits per heavy atom. The third-order valence-electron chi connectivity index (χ3n) is 3.64. The number of hydrogen-bond acceptors (Lipinski definition) is 4. The second kappa shape index (κ2) is 6.10. The lowest BCUT2D eigenvalue weighted by Gasteiger charge is -2.12. The van der Waals surface area contributed by atoms with Crippen molar-refractivity contribution in [2.45, 2.75) is 13.0 Å².